The Kier molecular flexibility index (Phi) is 9.01. The molecule has 24 heavy (non-hydrogen) atoms. The average Bonchev–Trinajstić information content (AvgIpc) is 2.48. The number of aliphatic hydroxyl groups is 1. The molecule has 0 aromatic heterocycles. The van der Waals surface area contributed by atoms with E-state index < -0.39 is 14.4 Å². The highest BCUT2D eigenvalue weighted by Crippen LogP contribution is 2.40. The Bertz CT molecular complexity index is 453. The summed E-state index contributed by atoms with van der Waals surface area (Å²) < 4.78 is 6.74. The predicted octanol–water partition coefficient (Wildman–Crippen LogP) is 5.64. The number of hydrogen-bond donors (Lipinski definition) is 1. The second kappa shape index (κ2) is 9.22. The molecule has 0 saturated carbocycles. The first-order valence-electron chi connectivity index (χ1n) is 9.29. The van der Waals surface area contributed by atoms with Crippen molar-refractivity contribution in [1.29, 1.82) is 0 Å². The van der Waals surface area contributed by atoms with Crippen LogP contribution in [0.1, 0.15) is 61.8 Å². The zero-order valence-corrected chi connectivity index (χ0v) is 18.6. The monoisotopic (exact) mass is 352 g/mol. The van der Waals surface area contributed by atoms with E-state index in [2.05, 4.69) is 60.6 Å². The second-order valence-corrected chi connectivity index (χ2v) is 13.7. The van der Waals surface area contributed by atoms with Gasteiger partial charge in [-0.05, 0) is 36.5 Å². The fraction of sp³-hybridized carbons (Fsp3) is 0.810. The number of terminal acetylenes is 1. The van der Waals surface area contributed by atoms with E-state index in [1.807, 2.05) is 19.9 Å². The van der Waals surface area contributed by atoms with Gasteiger partial charge in [-0.2, -0.15) is 0 Å². The van der Waals surface area contributed by atoms with Crippen LogP contribution in [0.2, 0.25) is 18.1 Å². The Morgan fingerprint density at radius 2 is 1.75 bits per heavy atom. The van der Waals surface area contributed by atoms with Gasteiger partial charge < -0.3 is 9.53 Å². The Balaban J connectivity index is 5.43. The quantitative estimate of drug-likeness (QED) is 0.453. The summed E-state index contributed by atoms with van der Waals surface area (Å²) in [5.74, 6) is 3.13. The zero-order chi connectivity index (χ0) is 19.3. The Morgan fingerprint density at radius 3 is 2.12 bits per heavy atom. The highest BCUT2D eigenvalue weighted by molar-refractivity contribution is 6.74. The summed E-state index contributed by atoms with van der Waals surface area (Å²) in [6, 6.07) is 0. The van der Waals surface area contributed by atoms with Crippen LogP contribution in [-0.4, -0.2) is 25.6 Å². The van der Waals surface area contributed by atoms with Crippen molar-refractivity contribution < 1.29 is 9.53 Å². The molecule has 140 valence electrons. The number of allylic oxidation sites excluding steroid dienone is 1. The van der Waals surface area contributed by atoms with Crippen LogP contribution in [0.25, 0.3) is 0 Å². The minimum atomic E-state index is -1.89. The van der Waals surface area contributed by atoms with Gasteiger partial charge in [-0.1, -0.05) is 66.9 Å². The van der Waals surface area contributed by atoms with Crippen LogP contribution in [0.4, 0.5) is 0 Å². The van der Waals surface area contributed by atoms with Crippen LogP contribution >= 0.6 is 0 Å². The molecule has 0 aromatic rings. The molecule has 0 aliphatic rings. The van der Waals surface area contributed by atoms with E-state index in [-0.39, 0.29) is 23.0 Å². The molecule has 0 aliphatic carbocycles. The zero-order valence-electron chi connectivity index (χ0n) is 17.6. The third-order valence-electron chi connectivity index (χ3n) is 5.78. The molecule has 0 rings (SSSR count). The summed E-state index contributed by atoms with van der Waals surface area (Å²) in [7, 11) is -1.89. The Labute approximate surface area is 152 Å². The van der Waals surface area contributed by atoms with Crippen molar-refractivity contribution in [2.75, 3.05) is 0 Å². The maximum Gasteiger partial charge on any atom is 0.192 e. The minimum Gasteiger partial charge on any atom is -0.413 e. The van der Waals surface area contributed by atoms with Gasteiger partial charge >= 0.3 is 0 Å². The van der Waals surface area contributed by atoms with Gasteiger partial charge in [0.1, 0.15) is 0 Å². The topological polar surface area (TPSA) is 29.5 Å². The van der Waals surface area contributed by atoms with Crippen LogP contribution in [-0.2, 0) is 4.43 Å². The van der Waals surface area contributed by atoms with Gasteiger partial charge in [-0.25, -0.2) is 0 Å². The van der Waals surface area contributed by atoms with E-state index in [1.54, 1.807) is 0 Å². The first-order valence-corrected chi connectivity index (χ1v) is 12.2. The largest absolute Gasteiger partial charge is 0.413 e. The van der Waals surface area contributed by atoms with Crippen molar-refractivity contribution in [1.82, 2.24) is 0 Å². The molecular formula is C21H40O2Si. The lowest BCUT2D eigenvalue weighted by Gasteiger charge is -2.44. The molecule has 0 unspecified atom stereocenters. The molecule has 3 heteroatoms. The van der Waals surface area contributed by atoms with Crippen molar-refractivity contribution in [3.8, 4) is 12.3 Å². The first kappa shape index (κ1) is 23.4. The smallest absolute Gasteiger partial charge is 0.192 e. The SMILES string of the molecule is C#C/C(C)=C/[C@@H](C)[C@@H](O)[C@@H](C)[C@H](O[Si](C)(C)C(C)(C)C)[C@@H](C)CC. The third-order valence-corrected chi connectivity index (χ3v) is 10.3. The van der Waals surface area contributed by atoms with Gasteiger partial charge in [0.2, 0.25) is 0 Å². The lowest BCUT2D eigenvalue weighted by atomic mass is 9.83. The summed E-state index contributed by atoms with van der Waals surface area (Å²) in [5.41, 5.74) is 0.874. The predicted molar refractivity (Wildman–Crippen MR) is 108 cm³/mol. The molecule has 2 nitrogen and oxygen atoms in total. The van der Waals surface area contributed by atoms with Crippen LogP contribution < -0.4 is 0 Å². The summed E-state index contributed by atoms with van der Waals surface area (Å²) >= 11 is 0. The fourth-order valence-corrected chi connectivity index (χ4v) is 4.19. The van der Waals surface area contributed by atoms with E-state index in [4.69, 9.17) is 10.8 Å². The second-order valence-electron chi connectivity index (χ2n) is 8.93. The molecule has 0 heterocycles. The van der Waals surface area contributed by atoms with Crippen LogP contribution in [0.15, 0.2) is 11.6 Å². The molecule has 0 amide bonds. The highest BCUT2D eigenvalue weighted by Gasteiger charge is 2.42. The molecule has 0 aliphatic heterocycles. The highest BCUT2D eigenvalue weighted by atomic mass is 28.4. The lowest BCUT2D eigenvalue weighted by molar-refractivity contribution is -0.0141. The van der Waals surface area contributed by atoms with Crippen molar-refractivity contribution >= 4 is 8.32 Å². The molecule has 5 atom stereocenters. The maximum atomic E-state index is 10.9. The van der Waals surface area contributed by atoms with Crippen molar-refractivity contribution in [2.45, 2.75) is 92.2 Å². The number of hydrogen-bond acceptors (Lipinski definition) is 2. The molecular weight excluding hydrogens is 312 g/mol. The minimum absolute atomic E-state index is 0.0191. The van der Waals surface area contributed by atoms with Gasteiger partial charge in [0.05, 0.1) is 12.2 Å². The standard InChI is InChI=1S/C21H40O2Si/c1-12-15(3)14-17(5)19(22)18(6)20(16(4)13-2)23-24(10,11)21(7,8)9/h1,14,16-20,22H,13H2,2-11H3/b15-14+/t16-,17+,18+,19+,20+/m0/s1. The number of aliphatic hydroxyl groups excluding tert-OH is 1. The fourth-order valence-electron chi connectivity index (χ4n) is 2.71. The van der Waals surface area contributed by atoms with Crippen molar-refractivity contribution in [3.63, 3.8) is 0 Å². The maximum absolute atomic E-state index is 10.9. The molecule has 0 aromatic carbocycles. The molecule has 0 radical (unpaired) electrons. The summed E-state index contributed by atoms with van der Waals surface area (Å²) in [6.07, 6.45) is 8.07. The summed E-state index contributed by atoms with van der Waals surface area (Å²) in [5, 5.41) is 11.0. The molecule has 1 N–H and O–H groups in total. The Morgan fingerprint density at radius 1 is 1.25 bits per heavy atom. The lowest BCUT2D eigenvalue weighted by Crippen LogP contribution is -2.49. The van der Waals surface area contributed by atoms with Crippen LogP contribution in [0.5, 0.6) is 0 Å². The van der Waals surface area contributed by atoms with Gasteiger partial charge in [0.15, 0.2) is 8.32 Å². The molecule has 0 saturated heterocycles. The van der Waals surface area contributed by atoms with Crippen molar-refractivity contribution in [3.05, 3.63) is 11.6 Å². The van der Waals surface area contributed by atoms with E-state index in [0.717, 1.165) is 12.0 Å². The normalized spacial score (nSPS) is 20.0. The van der Waals surface area contributed by atoms with Crippen LogP contribution in [0, 0.1) is 30.1 Å². The van der Waals surface area contributed by atoms with E-state index >= 15 is 0 Å². The Hall–Kier alpha value is -0.563. The van der Waals surface area contributed by atoms with Crippen LogP contribution in [0.3, 0.4) is 0 Å². The van der Waals surface area contributed by atoms with E-state index in [0.29, 0.717) is 5.92 Å². The third kappa shape index (κ3) is 6.39. The van der Waals surface area contributed by atoms with Gasteiger partial charge in [-0.15, -0.1) is 6.42 Å². The number of rotatable bonds is 8. The van der Waals surface area contributed by atoms with E-state index in [1.165, 1.54) is 0 Å². The molecule has 0 bridgehead atoms. The summed E-state index contributed by atoms with van der Waals surface area (Å²) in [4.78, 5) is 0. The first-order chi connectivity index (χ1) is 10.8. The molecule has 0 spiro atoms. The average molecular weight is 353 g/mol. The molecule has 0 fully saturated rings. The summed E-state index contributed by atoms with van der Waals surface area (Å²) in [6.45, 7) is 21.8. The van der Waals surface area contributed by atoms with E-state index in [9.17, 15) is 5.11 Å². The van der Waals surface area contributed by atoms with Gasteiger partial charge in [0, 0.05) is 11.8 Å². The van der Waals surface area contributed by atoms with Gasteiger partial charge in [0.25, 0.3) is 0 Å². The van der Waals surface area contributed by atoms with Crippen molar-refractivity contribution in [2.24, 2.45) is 17.8 Å². The van der Waals surface area contributed by atoms with Gasteiger partial charge in [-0.3, -0.25) is 0 Å².